The van der Waals surface area contributed by atoms with Crippen molar-refractivity contribution in [2.45, 2.75) is 24.3 Å². The van der Waals surface area contributed by atoms with E-state index in [9.17, 15) is 8.42 Å². The van der Waals surface area contributed by atoms with Crippen LogP contribution in [0.1, 0.15) is 24.4 Å². The molecule has 5 nitrogen and oxygen atoms in total. The number of H-pyrrole nitrogens is 1. The van der Waals surface area contributed by atoms with E-state index in [0.29, 0.717) is 4.90 Å². The standard InChI is InChI=1S/C14H19N3O2S/c1-3-15-13(10-14-16-8-9-17-14)11-4-6-12(7-5-11)20(2,18)19/h4-9,13,15H,3,10H2,1-2H3,(H,16,17). The molecule has 0 aliphatic rings. The average molecular weight is 293 g/mol. The quantitative estimate of drug-likeness (QED) is 0.850. The minimum absolute atomic E-state index is 0.111. The first kappa shape index (κ1) is 14.7. The summed E-state index contributed by atoms with van der Waals surface area (Å²) in [6.07, 6.45) is 5.47. The summed E-state index contributed by atoms with van der Waals surface area (Å²) in [5.41, 5.74) is 1.05. The molecule has 0 saturated heterocycles. The number of imidazole rings is 1. The van der Waals surface area contributed by atoms with Gasteiger partial charge in [0.1, 0.15) is 5.82 Å². The van der Waals surface area contributed by atoms with Crippen LogP contribution < -0.4 is 5.32 Å². The van der Waals surface area contributed by atoms with E-state index in [4.69, 9.17) is 0 Å². The topological polar surface area (TPSA) is 74.8 Å². The zero-order valence-corrected chi connectivity index (χ0v) is 12.4. The Morgan fingerprint density at radius 1 is 1.30 bits per heavy atom. The Morgan fingerprint density at radius 2 is 2.00 bits per heavy atom. The lowest BCUT2D eigenvalue weighted by Crippen LogP contribution is -2.23. The fourth-order valence-electron chi connectivity index (χ4n) is 2.10. The second-order valence-corrected chi connectivity index (χ2v) is 6.71. The predicted octanol–water partition coefficient (Wildman–Crippen LogP) is 1.71. The highest BCUT2D eigenvalue weighted by Gasteiger charge is 2.14. The Bertz CT molecular complexity index is 634. The van der Waals surface area contributed by atoms with Crippen molar-refractivity contribution in [2.75, 3.05) is 12.8 Å². The number of sulfone groups is 1. The lowest BCUT2D eigenvalue weighted by molar-refractivity contribution is 0.538. The summed E-state index contributed by atoms with van der Waals surface area (Å²) in [4.78, 5) is 7.66. The molecule has 2 rings (SSSR count). The van der Waals surface area contributed by atoms with E-state index in [1.165, 1.54) is 6.26 Å². The summed E-state index contributed by atoms with van der Waals surface area (Å²) >= 11 is 0. The molecule has 0 aliphatic carbocycles. The second-order valence-electron chi connectivity index (χ2n) is 4.69. The number of rotatable bonds is 6. The Kier molecular flexibility index (Phi) is 4.57. The molecule has 0 aliphatic heterocycles. The van der Waals surface area contributed by atoms with Gasteiger partial charge in [0, 0.05) is 31.1 Å². The number of benzene rings is 1. The molecular weight excluding hydrogens is 274 g/mol. The summed E-state index contributed by atoms with van der Waals surface area (Å²) in [5, 5.41) is 3.39. The highest BCUT2D eigenvalue weighted by Crippen LogP contribution is 2.19. The number of nitrogens with one attached hydrogen (secondary N) is 2. The monoisotopic (exact) mass is 293 g/mol. The van der Waals surface area contributed by atoms with Crippen LogP contribution in [-0.4, -0.2) is 31.2 Å². The molecule has 0 fully saturated rings. The van der Waals surface area contributed by atoms with Crippen LogP contribution in [0.4, 0.5) is 0 Å². The lowest BCUT2D eigenvalue weighted by Gasteiger charge is -2.17. The van der Waals surface area contributed by atoms with Gasteiger partial charge in [0.15, 0.2) is 9.84 Å². The van der Waals surface area contributed by atoms with E-state index in [0.717, 1.165) is 24.4 Å². The van der Waals surface area contributed by atoms with E-state index >= 15 is 0 Å². The fourth-order valence-corrected chi connectivity index (χ4v) is 2.74. The number of aromatic nitrogens is 2. The van der Waals surface area contributed by atoms with E-state index in [2.05, 4.69) is 15.3 Å². The van der Waals surface area contributed by atoms with Gasteiger partial charge in [0.05, 0.1) is 4.90 Å². The second kappa shape index (κ2) is 6.19. The molecule has 0 bridgehead atoms. The van der Waals surface area contributed by atoms with Crippen LogP contribution in [0.15, 0.2) is 41.6 Å². The molecule has 2 aromatic rings. The normalized spacial score (nSPS) is 13.3. The van der Waals surface area contributed by atoms with Crippen molar-refractivity contribution in [1.29, 1.82) is 0 Å². The van der Waals surface area contributed by atoms with Gasteiger partial charge in [0.2, 0.25) is 0 Å². The predicted molar refractivity (Wildman–Crippen MR) is 78.3 cm³/mol. The van der Waals surface area contributed by atoms with Gasteiger partial charge in [-0.05, 0) is 24.2 Å². The van der Waals surface area contributed by atoms with Crippen LogP contribution in [0, 0.1) is 0 Å². The van der Waals surface area contributed by atoms with Crippen molar-refractivity contribution in [3.8, 4) is 0 Å². The summed E-state index contributed by atoms with van der Waals surface area (Å²) in [5.74, 6) is 0.906. The number of aromatic amines is 1. The zero-order valence-electron chi connectivity index (χ0n) is 11.6. The van der Waals surface area contributed by atoms with Crippen molar-refractivity contribution in [3.63, 3.8) is 0 Å². The fraction of sp³-hybridized carbons (Fsp3) is 0.357. The number of hydrogen-bond donors (Lipinski definition) is 2. The van der Waals surface area contributed by atoms with Crippen LogP contribution >= 0.6 is 0 Å². The van der Waals surface area contributed by atoms with Crippen LogP contribution in [0.2, 0.25) is 0 Å². The molecule has 108 valence electrons. The summed E-state index contributed by atoms with van der Waals surface area (Å²) < 4.78 is 22.9. The average Bonchev–Trinajstić information content (AvgIpc) is 2.90. The molecule has 6 heteroatoms. The van der Waals surface area contributed by atoms with Gasteiger partial charge in [-0.25, -0.2) is 13.4 Å². The van der Waals surface area contributed by atoms with Gasteiger partial charge in [-0.2, -0.15) is 0 Å². The van der Waals surface area contributed by atoms with Crippen molar-refractivity contribution >= 4 is 9.84 Å². The van der Waals surface area contributed by atoms with E-state index in [1.54, 1.807) is 24.5 Å². The molecule has 1 atom stereocenters. The van der Waals surface area contributed by atoms with Gasteiger partial charge < -0.3 is 10.3 Å². The minimum atomic E-state index is -3.15. The third-order valence-electron chi connectivity index (χ3n) is 3.11. The Labute approximate surface area is 119 Å². The third-order valence-corrected chi connectivity index (χ3v) is 4.24. The highest BCUT2D eigenvalue weighted by molar-refractivity contribution is 7.90. The zero-order chi connectivity index (χ0) is 14.6. The van der Waals surface area contributed by atoms with E-state index < -0.39 is 9.84 Å². The van der Waals surface area contributed by atoms with Crippen LogP contribution in [0.5, 0.6) is 0 Å². The Balaban J connectivity index is 2.21. The van der Waals surface area contributed by atoms with Gasteiger partial charge in [-0.1, -0.05) is 19.1 Å². The van der Waals surface area contributed by atoms with Crippen molar-refractivity contribution in [3.05, 3.63) is 48.0 Å². The maximum Gasteiger partial charge on any atom is 0.175 e. The Hall–Kier alpha value is -1.66. The molecule has 0 spiro atoms. The first-order valence-corrected chi connectivity index (χ1v) is 8.41. The molecule has 1 unspecified atom stereocenters. The molecule has 1 aromatic heterocycles. The molecule has 1 aromatic carbocycles. The Morgan fingerprint density at radius 3 is 2.50 bits per heavy atom. The van der Waals surface area contributed by atoms with Gasteiger partial charge in [-0.3, -0.25) is 0 Å². The van der Waals surface area contributed by atoms with Gasteiger partial charge in [0.25, 0.3) is 0 Å². The van der Waals surface area contributed by atoms with Crippen molar-refractivity contribution < 1.29 is 8.42 Å². The highest BCUT2D eigenvalue weighted by atomic mass is 32.2. The minimum Gasteiger partial charge on any atom is -0.349 e. The first-order valence-electron chi connectivity index (χ1n) is 6.52. The summed E-state index contributed by atoms with van der Waals surface area (Å²) in [6.45, 7) is 2.87. The number of nitrogens with zero attached hydrogens (tertiary/aromatic N) is 1. The molecule has 0 amide bonds. The summed E-state index contributed by atoms with van der Waals surface area (Å²) in [7, 11) is -3.15. The molecule has 0 saturated carbocycles. The first-order chi connectivity index (χ1) is 9.50. The van der Waals surface area contributed by atoms with E-state index in [-0.39, 0.29) is 6.04 Å². The number of hydrogen-bond acceptors (Lipinski definition) is 4. The molecular formula is C14H19N3O2S. The van der Waals surface area contributed by atoms with Gasteiger partial charge >= 0.3 is 0 Å². The maximum atomic E-state index is 11.5. The largest absolute Gasteiger partial charge is 0.349 e. The lowest BCUT2D eigenvalue weighted by atomic mass is 10.0. The van der Waals surface area contributed by atoms with Gasteiger partial charge in [-0.15, -0.1) is 0 Å². The smallest absolute Gasteiger partial charge is 0.175 e. The van der Waals surface area contributed by atoms with E-state index in [1.807, 2.05) is 19.1 Å². The SMILES string of the molecule is CCNC(Cc1ncc[nH]1)c1ccc(S(C)(=O)=O)cc1. The summed E-state index contributed by atoms with van der Waals surface area (Å²) in [6, 6.07) is 7.12. The van der Waals surface area contributed by atoms with Crippen LogP contribution in [0.25, 0.3) is 0 Å². The number of likely N-dealkylation sites (N-methyl/N-ethyl adjacent to an activating group) is 1. The maximum absolute atomic E-state index is 11.5. The van der Waals surface area contributed by atoms with Crippen molar-refractivity contribution in [1.82, 2.24) is 15.3 Å². The molecule has 20 heavy (non-hydrogen) atoms. The molecule has 2 N–H and O–H groups in total. The molecule has 1 heterocycles. The third kappa shape index (κ3) is 3.68. The van der Waals surface area contributed by atoms with Crippen LogP contribution in [0.3, 0.4) is 0 Å². The van der Waals surface area contributed by atoms with Crippen molar-refractivity contribution in [2.24, 2.45) is 0 Å². The molecule has 0 radical (unpaired) electrons. The van der Waals surface area contributed by atoms with Crippen LogP contribution in [-0.2, 0) is 16.3 Å².